The molecule has 24 heavy (non-hydrogen) atoms. The molecule has 1 aromatic carbocycles. The van der Waals surface area contributed by atoms with Crippen LogP contribution in [-0.4, -0.2) is 45.3 Å². The number of aliphatic hydroxyl groups is 1. The Bertz CT molecular complexity index is 695. The van der Waals surface area contributed by atoms with E-state index in [9.17, 15) is 9.90 Å². The predicted molar refractivity (Wildman–Crippen MR) is 92.5 cm³/mol. The van der Waals surface area contributed by atoms with Crippen LogP contribution in [0.5, 0.6) is 0 Å². The normalized spacial score (nSPS) is 21.1. The van der Waals surface area contributed by atoms with Gasteiger partial charge in [0, 0.05) is 43.9 Å². The van der Waals surface area contributed by atoms with Gasteiger partial charge in [-0.05, 0) is 37.1 Å². The Morgan fingerprint density at radius 1 is 1.38 bits per heavy atom. The number of aromatic amines is 1. The van der Waals surface area contributed by atoms with Crippen molar-refractivity contribution in [2.45, 2.75) is 32.9 Å². The molecule has 1 aliphatic rings. The lowest BCUT2D eigenvalue weighted by molar-refractivity contribution is -0.114. The molecule has 1 fully saturated rings. The van der Waals surface area contributed by atoms with Crippen LogP contribution in [0.1, 0.15) is 23.9 Å². The minimum Gasteiger partial charge on any atom is -0.391 e. The highest BCUT2D eigenvalue weighted by Crippen LogP contribution is 2.23. The number of carbonyl (C=O) groups excluding carboxylic acids is 1. The van der Waals surface area contributed by atoms with Gasteiger partial charge in [0.2, 0.25) is 5.91 Å². The summed E-state index contributed by atoms with van der Waals surface area (Å²) >= 11 is 0. The van der Waals surface area contributed by atoms with Gasteiger partial charge in [-0.25, -0.2) is 0 Å². The number of anilines is 1. The number of likely N-dealkylation sites (tertiary alicyclic amines) is 1. The molecule has 3 N–H and O–H groups in total. The Hall–Kier alpha value is -2.18. The zero-order valence-electron chi connectivity index (χ0n) is 14.1. The molecule has 2 heterocycles. The summed E-state index contributed by atoms with van der Waals surface area (Å²) in [5.41, 5.74) is 4.04. The number of hydrogen-bond acceptors (Lipinski definition) is 4. The third-order valence-corrected chi connectivity index (χ3v) is 4.39. The van der Waals surface area contributed by atoms with Gasteiger partial charge in [-0.15, -0.1) is 0 Å². The summed E-state index contributed by atoms with van der Waals surface area (Å²) in [5, 5.41) is 20.3. The van der Waals surface area contributed by atoms with Crippen molar-refractivity contribution in [2.75, 3.05) is 18.4 Å². The molecule has 1 aromatic heterocycles. The average Bonchev–Trinajstić information content (AvgIpc) is 3.07. The first kappa shape index (κ1) is 16.7. The number of aliphatic hydroxyl groups excluding tert-OH is 1. The Morgan fingerprint density at radius 2 is 2.12 bits per heavy atom. The Kier molecular flexibility index (Phi) is 4.97. The summed E-state index contributed by atoms with van der Waals surface area (Å²) in [6, 6.07) is 9.89. The molecule has 2 aromatic rings. The zero-order valence-corrected chi connectivity index (χ0v) is 14.1. The Morgan fingerprint density at radius 3 is 2.75 bits per heavy atom. The summed E-state index contributed by atoms with van der Waals surface area (Å²) in [7, 11) is 0. The molecular formula is C18H24N4O2. The fourth-order valence-electron chi connectivity index (χ4n) is 3.27. The zero-order chi connectivity index (χ0) is 17.1. The number of benzene rings is 1. The van der Waals surface area contributed by atoms with Crippen molar-refractivity contribution in [3.8, 4) is 0 Å². The monoisotopic (exact) mass is 328 g/mol. The highest BCUT2D eigenvalue weighted by atomic mass is 16.3. The standard InChI is InChI=1S/C18H24N4O2/c1-12-7-17(21-20-12)8-15-10-22(11-18(15)24)9-14-3-5-16(6-4-14)19-13(2)23/h3-7,15,18,24H,8-11H2,1-2H3,(H,19,23)(H,20,21)/t15-,18-/m1/s1. The molecule has 0 saturated carbocycles. The molecule has 2 atom stereocenters. The maximum absolute atomic E-state index is 11.0. The summed E-state index contributed by atoms with van der Waals surface area (Å²) in [5.74, 6) is 0.146. The quantitative estimate of drug-likeness (QED) is 0.780. The van der Waals surface area contributed by atoms with E-state index in [-0.39, 0.29) is 17.9 Å². The third-order valence-electron chi connectivity index (χ3n) is 4.39. The number of β-amino-alcohol motifs (C(OH)–C–C–N with tert-alkyl or cyclic N) is 1. The largest absolute Gasteiger partial charge is 0.391 e. The van der Waals surface area contributed by atoms with E-state index in [0.717, 1.165) is 36.6 Å². The van der Waals surface area contributed by atoms with Crippen molar-refractivity contribution in [2.24, 2.45) is 5.92 Å². The fraction of sp³-hybridized carbons (Fsp3) is 0.444. The molecular weight excluding hydrogens is 304 g/mol. The van der Waals surface area contributed by atoms with Crippen molar-refractivity contribution >= 4 is 11.6 Å². The molecule has 0 unspecified atom stereocenters. The number of rotatable bonds is 5. The first-order valence-electron chi connectivity index (χ1n) is 8.27. The average molecular weight is 328 g/mol. The minimum atomic E-state index is -0.319. The van der Waals surface area contributed by atoms with Crippen LogP contribution in [0.2, 0.25) is 0 Å². The van der Waals surface area contributed by atoms with Gasteiger partial charge in [-0.3, -0.25) is 14.8 Å². The van der Waals surface area contributed by atoms with Crippen LogP contribution in [0.4, 0.5) is 5.69 Å². The Balaban J connectivity index is 1.55. The van der Waals surface area contributed by atoms with E-state index in [0.29, 0.717) is 6.54 Å². The Labute approximate surface area is 141 Å². The van der Waals surface area contributed by atoms with E-state index >= 15 is 0 Å². The van der Waals surface area contributed by atoms with E-state index in [1.807, 2.05) is 37.3 Å². The van der Waals surface area contributed by atoms with Crippen LogP contribution in [0.25, 0.3) is 0 Å². The smallest absolute Gasteiger partial charge is 0.221 e. The second-order valence-corrected chi connectivity index (χ2v) is 6.65. The SMILES string of the molecule is CC(=O)Nc1ccc(CN2C[C@@H](Cc3cc(C)[nH]n3)[C@H](O)C2)cc1. The summed E-state index contributed by atoms with van der Waals surface area (Å²) in [4.78, 5) is 13.3. The van der Waals surface area contributed by atoms with Gasteiger partial charge >= 0.3 is 0 Å². The highest BCUT2D eigenvalue weighted by Gasteiger charge is 2.31. The lowest BCUT2D eigenvalue weighted by Crippen LogP contribution is -2.21. The summed E-state index contributed by atoms with van der Waals surface area (Å²) < 4.78 is 0. The van der Waals surface area contributed by atoms with Crippen LogP contribution in [0, 0.1) is 12.8 Å². The number of amides is 1. The number of H-pyrrole nitrogens is 1. The van der Waals surface area contributed by atoms with Crippen molar-refractivity contribution < 1.29 is 9.90 Å². The number of hydrogen-bond donors (Lipinski definition) is 3. The predicted octanol–water partition coefficient (Wildman–Crippen LogP) is 1.71. The van der Waals surface area contributed by atoms with Gasteiger partial charge in [0.05, 0.1) is 11.8 Å². The number of nitrogens with one attached hydrogen (secondary N) is 2. The molecule has 0 radical (unpaired) electrons. The molecule has 0 bridgehead atoms. The van der Waals surface area contributed by atoms with Crippen molar-refractivity contribution in [1.82, 2.24) is 15.1 Å². The number of carbonyl (C=O) groups is 1. The lowest BCUT2D eigenvalue weighted by Gasteiger charge is -2.15. The first-order valence-corrected chi connectivity index (χ1v) is 8.27. The van der Waals surface area contributed by atoms with Crippen LogP contribution in [0.3, 0.4) is 0 Å². The van der Waals surface area contributed by atoms with Crippen LogP contribution in [0.15, 0.2) is 30.3 Å². The molecule has 0 aliphatic carbocycles. The molecule has 6 nitrogen and oxygen atoms in total. The molecule has 1 amide bonds. The van der Waals surface area contributed by atoms with Crippen molar-refractivity contribution in [1.29, 1.82) is 0 Å². The maximum atomic E-state index is 11.0. The van der Waals surface area contributed by atoms with E-state index in [2.05, 4.69) is 20.4 Å². The number of nitrogens with zero attached hydrogens (tertiary/aromatic N) is 2. The number of aryl methyl sites for hydroxylation is 1. The molecule has 1 aliphatic heterocycles. The first-order chi connectivity index (χ1) is 11.5. The topological polar surface area (TPSA) is 81.2 Å². The van der Waals surface area contributed by atoms with Crippen molar-refractivity contribution in [3.05, 3.63) is 47.3 Å². The second-order valence-electron chi connectivity index (χ2n) is 6.65. The lowest BCUT2D eigenvalue weighted by atomic mass is 10.0. The molecule has 3 rings (SSSR count). The van der Waals surface area contributed by atoms with E-state index in [1.165, 1.54) is 12.5 Å². The summed E-state index contributed by atoms with van der Waals surface area (Å²) in [6.07, 6.45) is 0.476. The third kappa shape index (κ3) is 4.21. The van der Waals surface area contributed by atoms with Crippen LogP contribution < -0.4 is 5.32 Å². The van der Waals surface area contributed by atoms with E-state index in [4.69, 9.17) is 0 Å². The van der Waals surface area contributed by atoms with Crippen LogP contribution in [-0.2, 0) is 17.8 Å². The van der Waals surface area contributed by atoms with E-state index in [1.54, 1.807) is 0 Å². The van der Waals surface area contributed by atoms with Gasteiger partial charge in [-0.1, -0.05) is 12.1 Å². The molecule has 6 heteroatoms. The van der Waals surface area contributed by atoms with Gasteiger partial charge in [0.1, 0.15) is 0 Å². The van der Waals surface area contributed by atoms with Crippen LogP contribution >= 0.6 is 0 Å². The van der Waals surface area contributed by atoms with Gasteiger partial charge in [-0.2, -0.15) is 5.10 Å². The minimum absolute atomic E-state index is 0.0677. The molecule has 128 valence electrons. The molecule has 1 saturated heterocycles. The van der Waals surface area contributed by atoms with Gasteiger partial charge in [0.15, 0.2) is 0 Å². The maximum Gasteiger partial charge on any atom is 0.221 e. The van der Waals surface area contributed by atoms with Gasteiger partial charge in [0.25, 0.3) is 0 Å². The summed E-state index contributed by atoms with van der Waals surface area (Å²) in [6.45, 7) is 5.83. The van der Waals surface area contributed by atoms with Gasteiger partial charge < -0.3 is 10.4 Å². The number of aromatic nitrogens is 2. The molecule has 0 spiro atoms. The van der Waals surface area contributed by atoms with Crippen molar-refractivity contribution in [3.63, 3.8) is 0 Å². The van der Waals surface area contributed by atoms with E-state index < -0.39 is 0 Å². The second kappa shape index (κ2) is 7.15. The highest BCUT2D eigenvalue weighted by molar-refractivity contribution is 5.88. The fourth-order valence-corrected chi connectivity index (χ4v) is 3.27.